The van der Waals surface area contributed by atoms with E-state index in [-0.39, 0.29) is 11.7 Å². The first-order valence-electron chi connectivity index (χ1n) is 6.38. The van der Waals surface area contributed by atoms with Crippen molar-refractivity contribution in [2.45, 2.75) is 0 Å². The Kier molecular flexibility index (Phi) is 3.19. The highest BCUT2D eigenvalue weighted by molar-refractivity contribution is 5.93. The average Bonchev–Trinajstić information content (AvgIpc) is 2.53. The Bertz CT molecular complexity index is 831. The Morgan fingerprint density at radius 2 is 2.05 bits per heavy atom. The molecule has 3 N–H and O–H groups in total. The van der Waals surface area contributed by atoms with Crippen molar-refractivity contribution < 1.29 is 4.79 Å². The largest absolute Gasteiger partial charge is 0.399 e. The minimum atomic E-state index is -0.315. The fourth-order valence-electron chi connectivity index (χ4n) is 2.01. The molecule has 0 spiro atoms. The third kappa shape index (κ3) is 2.51. The van der Waals surface area contributed by atoms with E-state index in [1.807, 2.05) is 18.2 Å². The van der Waals surface area contributed by atoms with E-state index in [4.69, 9.17) is 5.73 Å². The summed E-state index contributed by atoms with van der Waals surface area (Å²) >= 11 is 0. The fraction of sp³-hybridized carbons (Fsp3) is 0.0667. The Morgan fingerprint density at radius 1 is 1.19 bits per heavy atom. The molecule has 0 aliphatic rings. The summed E-state index contributed by atoms with van der Waals surface area (Å²) in [4.78, 5) is 24.2. The monoisotopic (exact) mass is 279 g/mol. The van der Waals surface area contributed by atoms with Crippen LogP contribution in [0.5, 0.6) is 0 Å². The van der Waals surface area contributed by atoms with Gasteiger partial charge in [-0.1, -0.05) is 12.1 Å². The highest BCUT2D eigenvalue weighted by Crippen LogP contribution is 2.22. The number of rotatable bonds is 2. The number of nitrogens with two attached hydrogens (primary N) is 1. The van der Waals surface area contributed by atoms with Gasteiger partial charge >= 0.3 is 0 Å². The van der Waals surface area contributed by atoms with Crippen LogP contribution >= 0.6 is 0 Å². The summed E-state index contributed by atoms with van der Waals surface area (Å²) in [5, 5.41) is 3.36. The molecule has 6 nitrogen and oxygen atoms in total. The van der Waals surface area contributed by atoms with Crippen LogP contribution in [-0.4, -0.2) is 27.9 Å². The van der Waals surface area contributed by atoms with Gasteiger partial charge in [-0.3, -0.25) is 9.78 Å². The molecule has 0 atom stereocenters. The highest BCUT2D eigenvalue weighted by atomic mass is 16.2. The first-order valence-corrected chi connectivity index (χ1v) is 6.38. The molecule has 2 heterocycles. The molecule has 0 aliphatic heterocycles. The van der Waals surface area contributed by atoms with Crippen molar-refractivity contribution in [2.75, 3.05) is 12.8 Å². The van der Waals surface area contributed by atoms with E-state index in [1.165, 1.54) is 0 Å². The summed E-state index contributed by atoms with van der Waals surface area (Å²) in [6.07, 6.45) is 3.29. The number of anilines is 1. The van der Waals surface area contributed by atoms with Crippen LogP contribution in [0.4, 0.5) is 5.69 Å². The van der Waals surface area contributed by atoms with Gasteiger partial charge in [0, 0.05) is 36.1 Å². The van der Waals surface area contributed by atoms with Crippen LogP contribution in [0.1, 0.15) is 10.6 Å². The zero-order valence-corrected chi connectivity index (χ0v) is 11.4. The Morgan fingerprint density at radius 3 is 2.81 bits per heavy atom. The van der Waals surface area contributed by atoms with Gasteiger partial charge in [-0.2, -0.15) is 0 Å². The average molecular weight is 279 g/mol. The van der Waals surface area contributed by atoms with Gasteiger partial charge in [0.15, 0.2) is 0 Å². The van der Waals surface area contributed by atoms with E-state index < -0.39 is 0 Å². The Balaban J connectivity index is 2.12. The van der Waals surface area contributed by atoms with Gasteiger partial charge in [-0.05, 0) is 18.2 Å². The summed E-state index contributed by atoms with van der Waals surface area (Å²) in [5.74, 6) is -0.174. The SMILES string of the molecule is CNC(=O)c1ncc2ccc(-c3cc(N)ccn3)cc2n1. The van der Waals surface area contributed by atoms with Crippen LogP contribution in [-0.2, 0) is 0 Å². The first-order chi connectivity index (χ1) is 10.2. The molecule has 0 radical (unpaired) electrons. The third-order valence-electron chi connectivity index (χ3n) is 3.09. The van der Waals surface area contributed by atoms with Crippen molar-refractivity contribution in [3.05, 3.63) is 48.5 Å². The maximum Gasteiger partial charge on any atom is 0.288 e. The number of aromatic nitrogens is 3. The molecule has 21 heavy (non-hydrogen) atoms. The topological polar surface area (TPSA) is 93.8 Å². The molecule has 104 valence electrons. The Labute approximate surface area is 121 Å². The quantitative estimate of drug-likeness (QED) is 0.743. The van der Waals surface area contributed by atoms with E-state index in [1.54, 1.807) is 31.6 Å². The van der Waals surface area contributed by atoms with Crippen LogP contribution in [0, 0.1) is 0 Å². The summed E-state index contributed by atoms with van der Waals surface area (Å²) in [7, 11) is 1.54. The number of nitrogens with zero attached hydrogens (tertiary/aromatic N) is 3. The molecule has 3 rings (SSSR count). The summed E-state index contributed by atoms with van der Waals surface area (Å²) in [5.41, 5.74) is 8.75. The van der Waals surface area contributed by atoms with Gasteiger partial charge in [0.2, 0.25) is 5.82 Å². The molecule has 0 fully saturated rings. The zero-order chi connectivity index (χ0) is 14.8. The van der Waals surface area contributed by atoms with Gasteiger partial charge < -0.3 is 11.1 Å². The lowest BCUT2D eigenvalue weighted by Crippen LogP contribution is -2.20. The van der Waals surface area contributed by atoms with Gasteiger partial charge in [-0.25, -0.2) is 9.97 Å². The highest BCUT2D eigenvalue weighted by Gasteiger charge is 2.09. The van der Waals surface area contributed by atoms with Crippen LogP contribution in [0.15, 0.2) is 42.7 Å². The number of nitrogen functional groups attached to an aromatic ring is 1. The second-order valence-corrected chi connectivity index (χ2v) is 4.52. The van der Waals surface area contributed by atoms with Gasteiger partial charge in [-0.15, -0.1) is 0 Å². The molecular weight excluding hydrogens is 266 g/mol. The molecule has 0 saturated heterocycles. The van der Waals surface area contributed by atoms with E-state index in [9.17, 15) is 4.79 Å². The molecule has 0 aliphatic carbocycles. The number of hydrogen-bond acceptors (Lipinski definition) is 5. The number of fused-ring (bicyclic) bond motifs is 1. The predicted molar refractivity (Wildman–Crippen MR) is 80.6 cm³/mol. The predicted octanol–water partition coefficient (Wildman–Crippen LogP) is 1.63. The number of carbonyl (C=O) groups is 1. The van der Waals surface area contributed by atoms with Crippen LogP contribution < -0.4 is 11.1 Å². The number of nitrogens with one attached hydrogen (secondary N) is 1. The first kappa shape index (κ1) is 13.0. The van der Waals surface area contributed by atoms with Gasteiger partial charge in [0.05, 0.1) is 11.2 Å². The van der Waals surface area contributed by atoms with Crippen molar-refractivity contribution in [3.8, 4) is 11.3 Å². The van der Waals surface area contributed by atoms with Crippen molar-refractivity contribution in [1.82, 2.24) is 20.3 Å². The Hall–Kier alpha value is -3.02. The van der Waals surface area contributed by atoms with Crippen molar-refractivity contribution in [1.29, 1.82) is 0 Å². The molecular formula is C15H13N5O. The van der Waals surface area contributed by atoms with Crippen LogP contribution in [0.25, 0.3) is 22.2 Å². The normalized spacial score (nSPS) is 10.5. The van der Waals surface area contributed by atoms with E-state index in [0.717, 1.165) is 16.6 Å². The van der Waals surface area contributed by atoms with Crippen molar-refractivity contribution in [3.63, 3.8) is 0 Å². The number of benzene rings is 1. The van der Waals surface area contributed by atoms with Crippen LogP contribution in [0.2, 0.25) is 0 Å². The molecule has 0 bridgehead atoms. The third-order valence-corrected chi connectivity index (χ3v) is 3.09. The number of amides is 1. The number of hydrogen-bond donors (Lipinski definition) is 2. The van der Waals surface area contributed by atoms with Crippen LogP contribution in [0.3, 0.4) is 0 Å². The van der Waals surface area contributed by atoms with Crippen molar-refractivity contribution >= 4 is 22.5 Å². The standard InChI is InChI=1S/C15H13N5O/c1-17-15(21)14-19-8-10-3-2-9(6-13(10)20-14)12-7-11(16)4-5-18-12/h2-8H,1H3,(H2,16,18)(H,17,21). The lowest BCUT2D eigenvalue weighted by Gasteiger charge is -2.05. The van der Waals surface area contributed by atoms with E-state index in [0.29, 0.717) is 11.2 Å². The minimum Gasteiger partial charge on any atom is -0.399 e. The maximum atomic E-state index is 11.6. The smallest absolute Gasteiger partial charge is 0.288 e. The number of pyridine rings is 1. The maximum absolute atomic E-state index is 11.6. The lowest BCUT2D eigenvalue weighted by molar-refractivity contribution is 0.0953. The summed E-state index contributed by atoms with van der Waals surface area (Å²) in [6, 6.07) is 9.21. The second-order valence-electron chi connectivity index (χ2n) is 4.52. The molecule has 1 aromatic carbocycles. The molecule has 2 aromatic heterocycles. The minimum absolute atomic E-state index is 0.141. The lowest BCUT2D eigenvalue weighted by atomic mass is 10.1. The summed E-state index contributed by atoms with van der Waals surface area (Å²) in [6.45, 7) is 0. The zero-order valence-electron chi connectivity index (χ0n) is 11.4. The van der Waals surface area contributed by atoms with Crippen molar-refractivity contribution in [2.24, 2.45) is 0 Å². The fourth-order valence-corrected chi connectivity index (χ4v) is 2.01. The molecule has 0 saturated carbocycles. The summed E-state index contributed by atoms with van der Waals surface area (Å²) < 4.78 is 0. The molecule has 6 heteroatoms. The number of carbonyl (C=O) groups excluding carboxylic acids is 1. The van der Waals surface area contributed by atoms with Gasteiger partial charge in [0.1, 0.15) is 0 Å². The van der Waals surface area contributed by atoms with Gasteiger partial charge in [0.25, 0.3) is 5.91 Å². The van der Waals surface area contributed by atoms with E-state index in [2.05, 4.69) is 20.3 Å². The molecule has 3 aromatic rings. The molecule has 0 unspecified atom stereocenters. The van der Waals surface area contributed by atoms with E-state index >= 15 is 0 Å². The molecule has 1 amide bonds. The second kappa shape index (κ2) is 5.16.